The summed E-state index contributed by atoms with van der Waals surface area (Å²) in [5.41, 5.74) is -0.325. The quantitative estimate of drug-likeness (QED) is 0.263. The van der Waals surface area contributed by atoms with Crippen LogP contribution in [0.5, 0.6) is 0 Å². The van der Waals surface area contributed by atoms with Crippen LogP contribution in [0, 0.1) is 16.0 Å². The minimum absolute atomic E-state index is 0.0377. The lowest BCUT2D eigenvalue weighted by atomic mass is 9.87. The average molecular weight is 334 g/mol. The van der Waals surface area contributed by atoms with Gasteiger partial charge in [-0.3, -0.25) is 24.5 Å². The number of nitro benzene ring substituents is 1. The van der Waals surface area contributed by atoms with Crippen LogP contribution in [0.25, 0.3) is 0 Å². The number of nitrogens with zero attached hydrogens (tertiary/aromatic N) is 2. The van der Waals surface area contributed by atoms with Crippen molar-refractivity contribution in [2.45, 2.75) is 13.8 Å². The molecule has 1 atom stereocenters. The molecule has 0 fully saturated rings. The monoisotopic (exact) mass is 334 g/mol. The number of carbonyl (C=O) groups excluding carboxylic acids is 4. The van der Waals surface area contributed by atoms with Gasteiger partial charge in [-0.25, -0.2) is 4.79 Å². The standard InChI is InChI=1S/C15H14N2O7/c1-3-24-15(21)14(20)11-7-16(8(2)18)12-5-4-9(17(22)23)6-10(12)13(11)19/h4-6,11H,3,7H2,1-2H3. The second kappa shape index (κ2) is 6.57. The van der Waals surface area contributed by atoms with E-state index in [1.165, 1.54) is 19.9 Å². The third-order valence-corrected chi connectivity index (χ3v) is 3.60. The first kappa shape index (κ1) is 17.3. The SMILES string of the molecule is CCOC(=O)C(=O)C1CN(C(C)=O)c2ccc([N+](=O)[O-])cc2C1=O. The van der Waals surface area contributed by atoms with E-state index in [0.717, 1.165) is 17.0 Å². The van der Waals surface area contributed by atoms with Crippen LogP contribution >= 0.6 is 0 Å². The number of Topliss-reactive ketones (excluding diaryl/α,β-unsaturated/α-hetero) is 2. The number of amides is 1. The second-order valence-electron chi connectivity index (χ2n) is 5.09. The van der Waals surface area contributed by atoms with E-state index >= 15 is 0 Å². The molecule has 9 heteroatoms. The smallest absolute Gasteiger partial charge is 0.375 e. The van der Waals surface area contributed by atoms with Crippen molar-refractivity contribution in [1.29, 1.82) is 0 Å². The van der Waals surface area contributed by atoms with Gasteiger partial charge >= 0.3 is 5.97 Å². The number of benzene rings is 1. The number of anilines is 1. The Morgan fingerprint density at radius 1 is 1.38 bits per heavy atom. The first-order valence-corrected chi connectivity index (χ1v) is 7.09. The van der Waals surface area contributed by atoms with Gasteiger partial charge in [-0.05, 0) is 13.0 Å². The molecule has 0 aliphatic carbocycles. The van der Waals surface area contributed by atoms with Crippen molar-refractivity contribution in [3.05, 3.63) is 33.9 Å². The molecule has 0 saturated heterocycles. The van der Waals surface area contributed by atoms with E-state index in [4.69, 9.17) is 0 Å². The number of rotatable bonds is 4. The molecule has 0 radical (unpaired) electrons. The van der Waals surface area contributed by atoms with E-state index in [0.29, 0.717) is 0 Å². The predicted octanol–water partition coefficient (Wildman–Crippen LogP) is 0.892. The van der Waals surface area contributed by atoms with E-state index in [1.54, 1.807) is 0 Å². The topological polar surface area (TPSA) is 124 Å². The Morgan fingerprint density at radius 3 is 2.58 bits per heavy atom. The molecular formula is C15H14N2O7. The van der Waals surface area contributed by atoms with Gasteiger partial charge in [-0.2, -0.15) is 0 Å². The minimum atomic E-state index is -1.44. The van der Waals surface area contributed by atoms with Gasteiger partial charge in [0.1, 0.15) is 5.92 Å². The number of ketones is 2. The molecule has 0 aromatic heterocycles. The lowest BCUT2D eigenvalue weighted by Gasteiger charge is -2.31. The van der Waals surface area contributed by atoms with E-state index in [9.17, 15) is 29.3 Å². The summed E-state index contributed by atoms with van der Waals surface area (Å²) in [6.45, 7) is 2.39. The van der Waals surface area contributed by atoms with Crippen LogP contribution in [-0.4, -0.2) is 41.5 Å². The van der Waals surface area contributed by atoms with E-state index in [-0.39, 0.29) is 30.1 Å². The number of hydrogen-bond acceptors (Lipinski definition) is 7. The Morgan fingerprint density at radius 2 is 2.04 bits per heavy atom. The van der Waals surface area contributed by atoms with Gasteiger partial charge in [-0.1, -0.05) is 0 Å². The van der Waals surface area contributed by atoms with Gasteiger partial charge in [0.25, 0.3) is 11.5 Å². The molecule has 1 amide bonds. The van der Waals surface area contributed by atoms with Gasteiger partial charge in [-0.15, -0.1) is 0 Å². The van der Waals surface area contributed by atoms with Crippen LogP contribution in [-0.2, 0) is 19.1 Å². The summed E-state index contributed by atoms with van der Waals surface area (Å²) in [5.74, 6) is -4.90. The maximum atomic E-state index is 12.5. The maximum Gasteiger partial charge on any atom is 0.375 e. The van der Waals surface area contributed by atoms with Crippen LogP contribution < -0.4 is 4.90 Å². The predicted molar refractivity (Wildman–Crippen MR) is 80.6 cm³/mol. The normalized spacial score (nSPS) is 16.3. The first-order chi connectivity index (χ1) is 11.3. The average Bonchev–Trinajstić information content (AvgIpc) is 2.54. The summed E-state index contributed by atoms with van der Waals surface area (Å²) in [6, 6.07) is 3.44. The highest BCUT2D eigenvalue weighted by Crippen LogP contribution is 2.33. The Hall–Kier alpha value is -3.10. The molecule has 1 aliphatic rings. The van der Waals surface area contributed by atoms with Crippen LogP contribution in [0.4, 0.5) is 11.4 Å². The van der Waals surface area contributed by atoms with E-state index in [2.05, 4.69) is 4.74 Å². The van der Waals surface area contributed by atoms with Crippen molar-refractivity contribution < 1.29 is 28.8 Å². The highest BCUT2D eigenvalue weighted by Gasteiger charge is 2.41. The molecule has 0 saturated carbocycles. The van der Waals surface area contributed by atoms with Crippen LogP contribution in [0.2, 0.25) is 0 Å². The molecule has 1 heterocycles. The molecule has 1 aromatic carbocycles. The maximum absolute atomic E-state index is 12.5. The summed E-state index contributed by atoms with van der Waals surface area (Å²) in [4.78, 5) is 59.4. The fourth-order valence-corrected chi connectivity index (χ4v) is 2.47. The van der Waals surface area contributed by atoms with Gasteiger partial charge in [0.05, 0.1) is 17.2 Å². The van der Waals surface area contributed by atoms with Crippen LogP contribution in [0.1, 0.15) is 24.2 Å². The lowest BCUT2D eigenvalue weighted by Crippen LogP contribution is -2.47. The van der Waals surface area contributed by atoms with E-state index < -0.39 is 34.3 Å². The zero-order valence-corrected chi connectivity index (χ0v) is 13.0. The first-order valence-electron chi connectivity index (χ1n) is 7.09. The van der Waals surface area contributed by atoms with Crippen molar-refractivity contribution in [3.63, 3.8) is 0 Å². The summed E-state index contributed by atoms with van der Waals surface area (Å²) in [6.07, 6.45) is 0. The Balaban J connectivity index is 2.50. The number of nitro groups is 1. The molecular weight excluding hydrogens is 320 g/mol. The third-order valence-electron chi connectivity index (χ3n) is 3.60. The van der Waals surface area contributed by atoms with Crippen molar-refractivity contribution in [2.24, 2.45) is 5.92 Å². The van der Waals surface area contributed by atoms with Crippen molar-refractivity contribution in [2.75, 3.05) is 18.1 Å². The van der Waals surface area contributed by atoms with Gasteiger partial charge in [0.2, 0.25) is 5.91 Å². The molecule has 0 spiro atoms. The molecule has 1 aliphatic heterocycles. The third kappa shape index (κ3) is 3.00. The molecule has 1 aromatic rings. The van der Waals surface area contributed by atoms with Crippen molar-refractivity contribution >= 4 is 34.8 Å². The van der Waals surface area contributed by atoms with Crippen molar-refractivity contribution in [1.82, 2.24) is 0 Å². The number of ether oxygens (including phenoxy) is 1. The molecule has 0 N–H and O–H groups in total. The van der Waals surface area contributed by atoms with Crippen LogP contribution in [0.3, 0.4) is 0 Å². The lowest BCUT2D eigenvalue weighted by molar-refractivity contribution is -0.384. The van der Waals surface area contributed by atoms with Gasteiger partial charge in [0, 0.05) is 31.2 Å². The molecule has 0 bridgehead atoms. The summed E-state index contributed by atoms with van der Waals surface area (Å²) in [7, 11) is 0. The highest BCUT2D eigenvalue weighted by atomic mass is 16.6. The highest BCUT2D eigenvalue weighted by molar-refractivity contribution is 6.40. The number of esters is 1. The largest absolute Gasteiger partial charge is 0.460 e. The summed E-state index contributed by atoms with van der Waals surface area (Å²) in [5, 5.41) is 10.9. The summed E-state index contributed by atoms with van der Waals surface area (Å²) >= 11 is 0. The number of fused-ring (bicyclic) bond motifs is 1. The Labute approximate surface area is 136 Å². The van der Waals surface area contributed by atoms with Crippen LogP contribution in [0.15, 0.2) is 18.2 Å². The number of carbonyl (C=O) groups is 4. The Bertz CT molecular complexity index is 756. The zero-order chi connectivity index (χ0) is 18.0. The minimum Gasteiger partial charge on any atom is -0.460 e. The second-order valence-corrected chi connectivity index (χ2v) is 5.09. The summed E-state index contributed by atoms with van der Waals surface area (Å²) < 4.78 is 4.60. The van der Waals surface area contributed by atoms with Gasteiger partial charge in [0.15, 0.2) is 5.78 Å². The Kier molecular flexibility index (Phi) is 4.72. The fourth-order valence-electron chi connectivity index (χ4n) is 2.47. The molecule has 1 unspecified atom stereocenters. The molecule has 126 valence electrons. The number of hydrogen-bond donors (Lipinski definition) is 0. The van der Waals surface area contributed by atoms with Gasteiger partial charge < -0.3 is 9.64 Å². The molecule has 2 rings (SSSR count). The van der Waals surface area contributed by atoms with Crippen molar-refractivity contribution in [3.8, 4) is 0 Å². The zero-order valence-electron chi connectivity index (χ0n) is 13.0. The molecule has 9 nitrogen and oxygen atoms in total. The van der Waals surface area contributed by atoms with E-state index in [1.807, 2.05) is 0 Å². The number of non-ortho nitro benzene ring substituents is 1. The fraction of sp³-hybridized carbons (Fsp3) is 0.333. The molecule has 24 heavy (non-hydrogen) atoms.